The molecule has 0 bridgehead atoms. The van der Waals surface area contributed by atoms with E-state index in [0.29, 0.717) is 12.0 Å². The van der Waals surface area contributed by atoms with Crippen molar-refractivity contribution in [3.05, 3.63) is 66.2 Å². The summed E-state index contributed by atoms with van der Waals surface area (Å²) >= 11 is 0. The zero-order valence-electron chi connectivity index (χ0n) is 24.3. The average Bonchev–Trinajstić information content (AvgIpc) is 3.21. The highest BCUT2D eigenvalue weighted by Crippen LogP contribution is 2.64. The summed E-state index contributed by atoms with van der Waals surface area (Å²) < 4.78 is 0. The Kier molecular flexibility index (Phi) is 5.97. The lowest BCUT2D eigenvalue weighted by atomic mass is 9.53. The summed E-state index contributed by atoms with van der Waals surface area (Å²) in [5.74, 6) is 2.45. The van der Waals surface area contributed by atoms with Crippen molar-refractivity contribution in [2.24, 2.45) is 11.3 Å². The van der Waals surface area contributed by atoms with Crippen molar-refractivity contribution in [3.63, 3.8) is 0 Å². The van der Waals surface area contributed by atoms with Crippen LogP contribution in [0.2, 0.25) is 0 Å². The Morgan fingerprint density at radius 2 is 1.59 bits per heavy atom. The third-order valence-corrected chi connectivity index (χ3v) is 9.75. The third kappa shape index (κ3) is 3.40. The maximum absolute atomic E-state index is 5.30. The van der Waals surface area contributed by atoms with E-state index < -0.39 is 0 Å². The summed E-state index contributed by atoms with van der Waals surface area (Å²) in [6.07, 6.45) is 4.36. The van der Waals surface area contributed by atoms with Gasteiger partial charge in [0.15, 0.2) is 11.6 Å². The Labute approximate surface area is 223 Å². The first kappa shape index (κ1) is 25.8. The quantitative estimate of drug-likeness (QED) is 0.331. The van der Waals surface area contributed by atoms with Crippen LogP contribution >= 0.6 is 0 Å². The van der Waals surface area contributed by atoms with E-state index in [-0.39, 0.29) is 22.4 Å². The average molecular weight is 497 g/mol. The van der Waals surface area contributed by atoms with Crippen LogP contribution in [0.1, 0.15) is 86.3 Å². The Morgan fingerprint density at radius 3 is 2.11 bits per heavy atom. The minimum absolute atomic E-state index is 0.0618. The van der Waals surface area contributed by atoms with Crippen LogP contribution in [0.25, 0.3) is 11.0 Å². The zero-order chi connectivity index (χ0) is 26.9. The lowest BCUT2D eigenvalue weighted by Crippen LogP contribution is -2.65. The molecule has 4 nitrogen and oxygen atoms in total. The maximum atomic E-state index is 5.30. The molecule has 37 heavy (non-hydrogen) atoms. The smallest absolute Gasteiger partial charge is 0.178 e. The summed E-state index contributed by atoms with van der Waals surface area (Å²) in [7, 11) is 0. The molecule has 0 spiro atoms. The van der Waals surface area contributed by atoms with Crippen LogP contribution in [0.3, 0.4) is 0 Å². The molecule has 2 aliphatic rings. The first-order valence-corrected chi connectivity index (χ1v) is 14.1. The largest absolute Gasteiger partial charge is 0.329 e. The molecule has 0 radical (unpaired) electrons. The molecule has 4 heteroatoms. The van der Waals surface area contributed by atoms with Crippen molar-refractivity contribution in [2.45, 2.75) is 98.2 Å². The minimum Gasteiger partial charge on any atom is -0.329 e. The van der Waals surface area contributed by atoms with Crippen molar-refractivity contribution in [1.82, 2.24) is 9.97 Å². The lowest BCUT2D eigenvalue weighted by molar-refractivity contribution is 0.108. The molecule has 4 unspecified atom stereocenters. The predicted octanol–water partition coefficient (Wildman–Crippen LogP) is 8.52. The van der Waals surface area contributed by atoms with Gasteiger partial charge in [-0.15, -0.1) is 6.58 Å². The molecule has 0 aliphatic carbocycles. The molecule has 196 valence electrons. The van der Waals surface area contributed by atoms with Crippen LogP contribution in [-0.4, -0.2) is 22.2 Å². The van der Waals surface area contributed by atoms with E-state index in [1.54, 1.807) is 0 Å². The number of hydrogen-bond acceptors (Lipinski definition) is 4. The first-order valence-electron chi connectivity index (χ1n) is 14.1. The van der Waals surface area contributed by atoms with E-state index in [2.05, 4.69) is 127 Å². The predicted molar refractivity (Wildman–Crippen MR) is 158 cm³/mol. The molecule has 5 rings (SSSR count). The summed E-state index contributed by atoms with van der Waals surface area (Å²) in [4.78, 5) is 15.7. The third-order valence-electron chi connectivity index (χ3n) is 9.75. The van der Waals surface area contributed by atoms with Gasteiger partial charge in [-0.3, -0.25) is 0 Å². The van der Waals surface area contributed by atoms with Gasteiger partial charge in [-0.1, -0.05) is 85.7 Å². The van der Waals surface area contributed by atoms with E-state index in [4.69, 9.17) is 9.97 Å². The van der Waals surface area contributed by atoms with Crippen molar-refractivity contribution in [1.29, 1.82) is 0 Å². The molecule has 0 saturated heterocycles. The Bertz CT molecular complexity index is 1350. The summed E-state index contributed by atoms with van der Waals surface area (Å²) in [6, 6.07) is 15.7. The molecule has 3 aromatic rings. The molecular weight excluding hydrogens is 452 g/mol. The number of aromatic nitrogens is 2. The van der Waals surface area contributed by atoms with Crippen molar-refractivity contribution >= 4 is 28.4 Å². The SMILES string of the molecule is C=CC1(CC)c2cc(C(C)(C)C)ccc2N2c3nc4ccccc4nc3N(C(C)C(C)C)C2C1(C)CC. The van der Waals surface area contributed by atoms with Gasteiger partial charge in [-0.2, -0.15) is 0 Å². The number of nitrogens with zero attached hydrogens (tertiary/aromatic N) is 4. The molecule has 3 heterocycles. The highest BCUT2D eigenvalue weighted by molar-refractivity contribution is 5.89. The highest BCUT2D eigenvalue weighted by Gasteiger charge is 2.62. The van der Waals surface area contributed by atoms with Gasteiger partial charge in [0, 0.05) is 22.6 Å². The fourth-order valence-electron chi connectivity index (χ4n) is 6.93. The Morgan fingerprint density at radius 1 is 0.973 bits per heavy atom. The molecule has 1 aromatic heterocycles. The second-order valence-electron chi connectivity index (χ2n) is 12.8. The van der Waals surface area contributed by atoms with Crippen LogP contribution < -0.4 is 9.80 Å². The number of benzene rings is 2. The topological polar surface area (TPSA) is 32.3 Å². The number of para-hydroxylation sites is 2. The molecule has 0 fully saturated rings. The van der Waals surface area contributed by atoms with E-state index in [0.717, 1.165) is 35.5 Å². The molecule has 4 atom stereocenters. The molecule has 0 amide bonds. The van der Waals surface area contributed by atoms with E-state index >= 15 is 0 Å². The second kappa shape index (κ2) is 8.58. The van der Waals surface area contributed by atoms with Gasteiger partial charge in [-0.05, 0) is 60.4 Å². The van der Waals surface area contributed by atoms with Gasteiger partial charge in [-0.25, -0.2) is 9.97 Å². The Hall–Kier alpha value is -2.88. The normalized spacial score (nSPS) is 25.7. The van der Waals surface area contributed by atoms with Gasteiger partial charge >= 0.3 is 0 Å². The van der Waals surface area contributed by atoms with Crippen molar-refractivity contribution in [3.8, 4) is 0 Å². The van der Waals surface area contributed by atoms with E-state index in [1.165, 1.54) is 16.8 Å². The number of allylic oxidation sites excluding steroid dienone is 1. The van der Waals surface area contributed by atoms with Crippen molar-refractivity contribution < 1.29 is 0 Å². The molecule has 2 aliphatic heterocycles. The number of anilines is 3. The number of fused-ring (bicyclic) bond motifs is 6. The first-order chi connectivity index (χ1) is 17.4. The number of rotatable bonds is 5. The van der Waals surface area contributed by atoms with Gasteiger partial charge in [0.2, 0.25) is 0 Å². The van der Waals surface area contributed by atoms with Gasteiger partial charge < -0.3 is 9.80 Å². The summed E-state index contributed by atoms with van der Waals surface area (Å²) in [5, 5.41) is 0. The van der Waals surface area contributed by atoms with Crippen LogP contribution in [0.5, 0.6) is 0 Å². The van der Waals surface area contributed by atoms with Crippen LogP contribution in [0.15, 0.2) is 55.1 Å². The van der Waals surface area contributed by atoms with Gasteiger partial charge in [0.25, 0.3) is 0 Å². The van der Waals surface area contributed by atoms with E-state index in [9.17, 15) is 0 Å². The highest BCUT2D eigenvalue weighted by atomic mass is 15.5. The summed E-state index contributed by atoms with van der Waals surface area (Å²) in [6.45, 7) is 25.6. The van der Waals surface area contributed by atoms with Crippen LogP contribution in [-0.2, 0) is 10.8 Å². The maximum Gasteiger partial charge on any atom is 0.178 e. The molecule has 2 aromatic carbocycles. The second-order valence-corrected chi connectivity index (χ2v) is 12.8. The van der Waals surface area contributed by atoms with Gasteiger partial charge in [0.1, 0.15) is 6.17 Å². The Balaban J connectivity index is 1.91. The van der Waals surface area contributed by atoms with Crippen molar-refractivity contribution in [2.75, 3.05) is 9.80 Å². The standard InChI is InChI=1S/C33H44N4/c1-11-32(10)30-36(22(6)21(4)5)28-29(35-26-17-15-14-16-25(26)34-28)37(30)27-19-18-23(31(7,8)9)20-24(27)33(32,12-2)13-3/h12,14-22,30H,2,11,13H2,1,3-10H3. The molecular formula is C33H44N4. The van der Waals surface area contributed by atoms with E-state index in [1.807, 2.05) is 0 Å². The van der Waals surface area contributed by atoms with Gasteiger partial charge in [0.05, 0.1) is 11.0 Å². The fraction of sp³-hybridized carbons (Fsp3) is 0.515. The monoisotopic (exact) mass is 496 g/mol. The van der Waals surface area contributed by atoms with Crippen LogP contribution in [0, 0.1) is 11.3 Å². The lowest BCUT2D eigenvalue weighted by Gasteiger charge is -2.60. The number of hydrogen-bond donors (Lipinski definition) is 0. The minimum atomic E-state index is -0.185. The molecule has 0 saturated carbocycles. The molecule has 0 N–H and O–H groups in total. The fourth-order valence-corrected chi connectivity index (χ4v) is 6.93. The van der Waals surface area contributed by atoms with Crippen LogP contribution in [0.4, 0.5) is 17.3 Å². The zero-order valence-corrected chi connectivity index (χ0v) is 24.3. The summed E-state index contributed by atoms with van der Waals surface area (Å²) in [5.41, 5.74) is 5.63.